The summed E-state index contributed by atoms with van der Waals surface area (Å²) in [6.45, 7) is 0.906. The summed E-state index contributed by atoms with van der Waals surface area (Å²) >= 11 is 0. The smallest absolute Gasteiger partial charge is 0.316 e. The fourth-order valence-electron chi connectivity index (χ4n) is 2.53. The Morgan fingerprint density at radius 2 is 2.00 bits per heavy atom. The van der Waals surface area contributed by atoms with Crippen molar-refractivity contribution >= 4 is 5.91 Å². The summed E-state index contributed by atoms with van der Waals surface area (Å²) in [5.74, 6) is -2.34. The maximum Gasteiger partial charge on any atom is 0.316 e. The van der Waals surface area contributed by atoms with E-state index >= 15 is 0 Å². The van der Waals surface area contributed by atoms with Crippen molar-refractivity contribution in [2.24, 2.45) is 0 Å². The van der Waals surface area contributed by atoms with Crippen molar-refractivity contribution in [3.05, 3.63) is 53.9 Å². The second-order valence-electron chi connectivity index (χ2n) is 5.29. The highest BCUT2D eigenvalue weighted by Crippen LogP contribution is 2.18. The molecule has 1 aromatic carbocycles. The summed E-state index contributed by atoms with van der Waals surface area (Å²) in [7, 11) is 0. The van der Waals surface area contributed by atoms with Crippen molar-refractivity contribution in [2.45, 2.75) is 18.9 Å². The van der Waals surface area contributed by atoms with Crippen molar-refractivity contribution in [1.29, 1.82) is 0 Å². The number of carbonyl (C=O) groups is 1. The van der Waals surface area contributed by atoms with Crippen LogP contribution in [0.15, 0.2) is 36.7 Å². The summed E-state index contributed by atoms with van der Waals surface area (Å²) in [6, 6.07) is 5.11. The van der Waals surface area contributed by atoms with Gasteiger partial charge < -0.3 is 9.64 Å². The third kappa shape index (κ3) is 3.61. The van der Waals surface area contributed by atoms with E-state index in [0.29, 0.717) is 13.1 Å². The van der Waals surface area contributed by atoms with Crippen molar-refractivity contribution in [3.8, 4) is 6.01 Å². The zero-order valence-electron chi connectivity index (χ0n) is 12.3. The number of ether oxygens (including phenoxy) is 1. The summed E-state index contributed by atoms with van der Waals surface area (Å²) in [5, 5.41) is 0. The van der Waals surface area contributed by atoms with Crippen LogP contribution in [0.25, 0.3) is 0 Å². The van der Waals surface area contributed by atoms with Gasteiger partial charge in [0.25, 0.3) is 5.91 Å². The SMILES string of the molecule is O=C(c1ccc(F)c(F)c1)N1CCCC(Oc2ncccn2)C1. The van der Waals surface area contributed by atoms with Gasteiger partial charge in [-0.3, -0.25) is 4.79 Å². The molecule has 120 valence electrons. The Hall–Kier alpha value is -2.57. The highest BCUT2D eigenvalue weighted by atomic mass is 19.2. The number of amides is 1. The van der Waals surface area contributed by atoms with Gasteiger partial charge in [0.15, 0.2) is 11.6 Å². The third-order valence-corrected chi connectivity index (χ3v) is 3.65. The Balaban J connectivity index is 1.68. The number of hydrogen-bond donors (Lipinski definition) is 0. The number of hydrogen-bond acceptors (Lipinski definition) is 4. The van der Waals surface area contributed by atoms with E-state index in [1.165, 1.54) is 6.07 Å². The van der Waals surface area contributed by atoms with E-state index in [0.717, 1.165) is 25.0 Å². The van der Waals surface area contributed by atoms with Gasteiger partial charge in [-0.2, -0.15) is 0 Å². The predicted molar refractivity (Wildman–Crippen MR) is 77.9 cm³/mol. The van der Waals surface area contributed by atoms with Crippen molar-refractivity contribution in [1.82, 2.24) is 14.9 Å². The molecule has 0 spiro atoms. The van der Waals surface area contributed by atoms with Gasteiger partial charge in [-0.1, -0.05) is 0 Å². The molecule has 1 saturated heterocycles. The van der Waals surface area contributed by atoms with E-state index in [4.69, 9.17) is 4.74 Å². The molecule has 3 rings (SSSR count). The van der Waals surface area contributed by atoms with E-state index in [2.05, 4.69) is 9.97 Å². The number of likely N-dealkylation sites (tertiary alicyclic amines) is 1. The predicted octanol–water partition coefficient (Wildman–Crippen LogP) is 2.44. The lowest BCUT2D eigenvalue weighted by atomic mass is 10.1. The minimum Gasteiger partial charge on any atom is -0.458 e. The second kappa shape index (κ2) is 6.68. The average molecular weight is 319 g/mol. The van der Waals surface area contributed by atoms with E-state index in [-0.39, 0.29) is 23.6 Å². The van der Waals surface area contributed by atoms with Crippen LogP contribution in [0.4, 0.5) is 8.78 Å². The van der Waals surface area contributed by atoms with Crippen LogP contribution >= 0.6 is 0 Å². The van der Waals surface area contributed by atoms with E-state index < -0.39 is 11.6 Å². The quantitative estimate of drug-likeness (QED) is 0.872. The van der Waals surface area contributed by atoms with Gasteiger partial charge in [-0.05, 0) is 37.1 Å². The molecule has 1 amide bonds. The maximum atomic E-state index is 13.3. The van der Waals surface area contributed by atoms with Crippen LogP contribution in [0.5, 0.6) is 6.01 Å². The standard InChI is InChI=1S/C16H15F2N3O2/c17-13-5-4-11(9-14(13)18)15(22)21-8-1-3-12(10-21)23-16-19-6-2-7-20-16/h2,4-7,9,12H,1,3,8,10H2. The Bertz CT molecular complexity index is 697. The fraction of sp³-hybridized carbons (Fsp3) is 0.312. The average Bonchev–Trinajstić information content (AvgIpc) is 2.58. The molecular formula is C16H15F2N3O2. The molecular weight excluding hydrogens is 304 g/mol. The van der Waals surface area contributed by atoms with Crippen molar-refractivity contribution < 1.29 is 18.3 Å². The molecule has 5 nitrogen and oxygen atoms in total. The lowest BCUT2D eigenvalue weighted by Crippen LogP contribution is -2.44. The van der Waals surface area contributed by atoms with Gasteiger partial charge in [0.05, 0.1) is 6.54 Å². The molecule has 1 aliphatic rings. The Kier molecular flexibility index (Phi) is 4.45. The van der Waals surface area contributed by atoms with Crippen molar-refractivity contribution in [2.75, 3.05) is 13.1 Å². The molecule has 23 heavy (non-hydrogen) atoms. The minimum atomic E-state index is -1.03. The van der Waals surface area contributed by atoms with Gasteiger partial charge in [-0.15, -0.1) is 0 Å². The Labute approximate surface area is 131 Å². The molecule has 0 saturated carbocycles. The first-order valence-electron chi connectivity index (χ1n) is 7.31. The Morgan fingerprint density at radius 1 is 1.22 bits per heavy atom. The highest BCUT2D eigenvalue weighted by Gasteiger charge is 2.26. The normalized spacial score (nSPS) is 17.8. The molecule has 0 aliphatic carbocycles. The molecule has 1 aliphatic heterocycles. The lowest BCUT2D eigenvalue weighted by molar-refractivity contribution is 0.0515. The molecule has 2 heterocycles. The highest BCUT2D eigenvalue weighted by molar-refractivity contribution is 5.94. The molecule has 2 aromatic rings. The van der Waals surface area contributed by atoms with Gasteiger partial charge in [0.2, 0.25) is 0 Å². The summed E-state index contributed by atoms with van der Waals surface area (Å²) in [4.78, 5) is 22.0. The number of benzene rings is 1. The summed E-state index contributed by atoms with van der Waals surface area (Å²) in [6.07, 6.45) is 4.47. The van der Waals surface area contributed by atoms with Crippen LogP contribution in [0.3, 0.4) is 0 Å². The Morgan fingerprint density at radius 3 is 2.74 bits per heavy atom. The number of aromatic nitrogens is 2. The van der Waals surface area contributed by atoms with Crippen LogP contribution in [-0.2, 0) is 0 Å². The summed E-state index contributed by atoms with van der Waals surface area (Å²) in [5.41, 5.74) is 0.125. The zero-order chi connectivity index (χ0) is 16.2. The molecule has 1 unspecified atom stereocenters. The van der Waals surface area contributed by atoms with Crippen molar-refractivity contribution in [3.63, 3.8) is 0 Å². The van der Waals surface area contributed by atoms with Gasteiger partial charge in [0, 0.05) is 24.5 Å². The van der Waals surface area contributed by atoms with Gasteiger partial charge in [-0.25, -0.2) is 18.7 Å². The zero-order valence-corrected chi connectivity index (χ0v) is 12.3. The number of carbonyl (C=O) groups excluding carboxylic acids is 1. The van der Waals surface area contributed by atoms with E-state index in [1.807, 2.05) is 0 Å². The molecule has 1 aromatic heterocycles. The topological polar surface area (TPSA) is 55.3 Å². The molecule has 1 atom stereocenters. The van der Waals surface area contributed by atoms with Crippen LogP contribution in [-0.4, -0.2) is 40.0 Å². The molecule has 0 radical (unpaired) electrons. The van der Waals surface area contributed by atoms with Crippen LogP contribution in [0.2, 0.25) is 0 Å². The number of halogens is 2. The third-order valence-electron chi connectivity index (χ3n) is 3.65. The van der Waals surface area contributed by atoms with Gasteiger partial charge in [0.1, 0.15) is 6.10 Å². The summed E-state index contributed by atoms with van der Waals surface area (Å²) < 4.78 is 31.9. The first-order chi connectivity index (χ1) is 11.1. The maximum absolute atomic E-state index is 13.3. The molecule has 0 N–H and O–H groups in total. The molecule has 7 heteroatoms. The fourth-order valence-corrected chi connectivity index (χ4v) is 2.53. The van der Waals surface area contributed by atoms with Crippen LogP contribution < -0.4 is 4.74 Å². The minimum absolute atomic E-state index is 0.125. The first kappa shape index (κ1) is 15.3. The second-order valence-corrected chi connectivity index (χ2v) is 5.29. The number of nitrogens with zero attached hydrogens (tertiary/aromatic N) is 3. The number of rotatable bonds is 3. The largest absolute Gasteiger partial charge is 0.458 e. The first-order valence-corrected chi connectivity index (χ1v) is 7.31. The molecule has 0 bridgehead atoms. The van der Waals surface area contributed by atoms with E-state index in [1.54, 1.807) is 23.4 Å². The van der Waals surface area contributed by atoms with Crippen LogP contribution in [0, 0.1) is 11.6 Å². The van der Waals surface area contributed by atoms with Gasteiger partial charge >= 0.3 is 6.01 Å². The lowest BCUT2D eigenvalue weighted by Gasteiger charge is -2.32. The van der Waals surface area contributed by atoms with Crippen LogP contribution in [0.1, 0.15) is 23.2 Å². The van der Waals surface area contributed by atoms with E-state index in [9.17, 15) is 13.6 Å². The number of piperidine rings is 1. The molecule has 1 fully saturated rings. The monoisotopic (exact) mass is 319 g/mol.